The summed E-state index contributed by atoms with van der Waals surface area (Å²) in [5.41, 5.74) is 5.62. The number of anilines is 2. The van der Waals surface area contributed by atoms with Crippen molar-refractivity contribution in [1.29, 1.82) is 0 Å². The fraction of sp³-hybridized carbons (Fsp3) is 0.636. The molecule has 1 aromatic rings. The molecule has 0 radical (unpaired) electrons. The molecule has 1 rings (SSSR count). The molecule has 9 heteroatoms. The van der Waals surface area contributed by atoms with E-state index in [0.717, 1.165) is 6.54 Å². The molecule has 0 bridgehead atoms. The molecule has 0 amide bonds. The van der Waals surface area contributed by atoms with Gasteiger partial charge in [-0.2, -0.15) is 4.98 Å². The number of aryl methyl sites for hydroxylation is 1. The van der Waals surface area contributed by atoms with Crippen LogP contribution in [0.2, 0.25) is 0 Å². The monoisotopic (exact) mass is 284 g/mol. The molecule has 0 aliphatic rings. The van der Waals surface area contributed by atoms with Gasteiger partial charge in [0.15, 0.2) is 0 Å². The highest BCUT2D eigenvalue weighted by atomic mass is 16.6. The normalized spacial score (nSPS) is 10.8. The second kappa shape index (κ2) is 7.56. The summed E-state index contributed by atoms with van der Waals surface area (Å²) in [5, 5.41) is 13.9. The third-order valence-corrected chi connectivity index (χ3v) is 2.72. The van der Waals surface area contributed by atoms with Crippen LogP contribution in [0.3, 0.4) is 0 Å². The molecule has 20 heavy (non-hydrogen) atoms. The number of rotatable bonds is 8. The minimum absolute atomic E-state index is 0.0170. The van der Waals surface area contributed by atoms with Crippen LogP contribution in [-0.4, -0.2) is 60.2 Å². The van der Waals surface area contributed by atoms with Crippen molar-refractivity contribution in [2.24, 2.45) is 0 Å². The van der Waals surface area contributed by atoms with E-state index in [1.165, 1.54) is 6.92 Å². The van der Waals surface area contributed by atoms with E-state index >= 15 is 0 Å². The molecule has 0 fully saturated rings. The van der Waals surface area contributed by atoms with E-state index in [1.54, 1.807) is 7.11 Å². The van der Waals surface area contributed by atoms with Crippen LogP contribution in [0.15, 0.2) is 0 Å². The molecule has 112 valence electrons. The van der Waals surface area contributed by atoms with Crippen LogP contribution in [0.4, 0.5) is 17.5 Å². The van der Waals surface area contributed by atoms with E-state index in [9.17, 15) is 10.1 Å². The number of likely N-dealkylation sites (N-methyl/N-ethyl adjacent to an activating group) is 1. The Balaban J connectivity index is 2.65. The van der Waals surface area contributed by atoms with Crippen molar-refractivity contribution in [3.63, 3.8) is 0 Å². The third kappa shape index (κ3) is 4.59. The molecule has 0 saturated heterocycles. The lowest BCUT2D eigenvalue weighted by Gasteiger charge is -2.16. The number of nitrogens with two attached hydrogens (primary N) is 1. The Bertz CT molecular complexity index is 468. The summed E-state index contributed by atoms with van der Waals surface area (Å²) < 4.78 is 4.97. The summed E-state index contributed by atoms with van der Waals surface area (Å²) in [5.74, 6) is 0.170. The van der Waals surface area contributed by atoms with Gasteiger partial charge in [-0.05, 0) is 14.0 Å². The molecule has 0 aromatic carbocycles. The number of nitro groups is 1. The van der Waals surface area contributed by atoms with Gasteiger partial charge < -0.3 is 20.7 Å². The van der Waals surface area contributed by atoms with Crippen LogP contribution in [0.5, 0.6) is 0 Å². The van der Waals surface area contributed by atoms with Crippen LogP contribution >= 0.6 is 0 Å². The third-order valence-electron chi connectivity index (χ3n) is 2.72. The zero-order valence-electron chi connectivity index (χ0n) is 11.9. The maximum atomic E-state index is 11.0. The van der Waals surface area contributed by atoms with Crippen molar-refractivity contribution in [3.05, 3.63) is 15.8 Å². The minimum atomic E-state index is -0.508. The number of aromatic nitrogens is 2. The summed E-state index contributed by atoms with van der Waals surface area (Å²) in [4.78, 5) is 20.2. The fourth-order valence-corrected chi connectivity index (χ4v) is 1.65. The number of hydrogen-bond donors (Lipinski definition) is 2. The van der Waals surface area contributed by atoms with Gasteiger partial charge in [-0.25, -0.2) is 4.98 Å². The lowest BCUT2D eigenvalue weighted by atomic mass is 10.3. The second-order valence-corrected chi connectivity index (χ2v) is 4.34. The van der Waals surface area contributed by atoms with Gasteiger partial charge in [-0.15, -0.1) is 0 Å². The van der Waals surface area contributed by atoms with Crippen LogP contribution in [0, 0.1) is 17.0 Å². The fourth-order valence-electron chi connectivity index (χ4n) is 1.65. The van der Waals surface area contributed by atoms with Crippen molar-refractivity contribution >= 4 is 17.5 Å². The highest BCUT2D eigenvalue weighted by Crippen LogP contribution is 2.25. The minimum Gasteiger partial charge on any atom is -0.383 e. The van der Waals surface area contributed by atoms with Gasteiger partial charge in [-0.1, -0.05) is 0 Å². The van der Waals surface area contributed by atoms with Crippen LogP contribution < -0.4 is 11.1 Å². The first-order chi connectivity index (χ1) is 9.45. The van der Waals surface area contributed by atoms with E-state index in [4.69, 9.17) is 10.5 Å². The van der Waals surface area contributed by atoms with Crippen molar-refractivity contribution in [1.82, 2.24) is 14.9 Å². The van der Waals surface area contributed by atoms with Crippen molar-refractivity contribution < 1.29 is 9.66 Å². The van der Waals surface area contributed by atoms with Crippen LogP contribution in [0.25, 0.3) is 0 Å². The maximum absolute atomic E-state index is 11.0. The number of nitrogens with zero attached hydrogens (tertiary/aromatic N) is 4. The standard InChI is InChI=1S/C11H20N6O3/c1-8-9(17(18)19)10(15-11(12)14-8)13-4-5-16(2)6-7-20-3/h4-7H2,1-3H3,(H3,12,13,14,15). The molecule has 0 atom stereocenters. The van der Waals surface area contributed by atoms with Gasteiger partial charge in [0, 0.05) is 26.7 Å². The van der Waals surface area contributed by atoms with Gasteiger partial charge in [0.25, 0.3) is 0 Å². The van der Waals surface area contributed by atoms with E-state index in [-0.39, 0.29) is 23.1 Å². The first-order valence-electron chi connectivity index (χ1n) is 6.15. The molecule has 3 N–H and O–H groups in total. The smallest absolute Gasteiger partial charge is 0.332 e. The predicted molar refractivity (Wildman–Crippen MR) is 75.7 cm³/mol. The van der Waals surface area contributed by atoms with Crippen LogP contribution in [0.1, 0.15) is 5.69 Å². The van der Waals surface area contributed by atoms with Crippen molar-refractivity contribution in [2.75, 3.05) is 51.4 Å². The highest BCUT2D eigenvalue weighted by Gasteiger charge is 2.21. The second-order valence-electron chi connectivity index (χ2n) is 4.34. The number of ether oxygens (including phenoxy) is 1. The quantitative estimate of drug-likeness (QED) is 0.515. The Morgan fingerprint density at radius 2 is 2.15 bits per heavy atom. The van der Waals surface area contributed by atoms with E-state index in [2.05, 4.69) is 15.3 Å². The molecular weight excluding hydrogens is 264 g/mol. The summed E-state index contributed by atoms with van der Waals surface area (Å²) in [6.07, 6.45) is 0. The van der Waals surface area contributed by atoms with Gasteiger partial charge in [-0.3, -0.25) is 10.1 Å². The SMILES string of the molecule is COCCN(C)CCNc1nc(N)nc(C)c1[N+](=O)[O-]. The molecule has 9 nitrogen and oxygen atoms in total. The largest absolute Gasteiger partial charge is 0.383 e. The molecule has 1 heterocycles. The van der Waals surface area contributed by atoms with Crippen molar-refractivity contribution in [3.8, 4) is 0 Å². The highest BCUT2D eigenvalue weighted by molar-refractivity contribution is 5.60. The van der Waals surface area contributed by atoms with E-state index in [0.29, 0.717) is 19.7 Å². The van der Waals surface area contributed by atoms with Crippen molar-refractivity contribution in [2.45, 2.75) is 6.92 Å². The molecule has 1 aromatic heterocycles. The number of nitrogen functional groups attached to an aromatic ring is 1. The molecule has 0 unspecified atom stereocenters. The molecular formula is C11H20N6O3. The van der Waals surface area contributed by atoms with Gasteiger partial charge in [0.1, 0.15) is 5.69 Å². The van der Waals surface area contributed by atoms with E-state index < -0.39 is 4.92 Å². The molecule has 0 aliphatic heterocycles. The lowest BCUT2D eigenvalue weighted by molar-refractivity contribution is -0.385. The lowest BCUT2D eigenvalue weighted by Crippen LogP contribution is -2.28. The number of hydrogen-bond acceptors (Lipinski definition) is 8. The predicted octanol–water partition coefficient (Wildman–Crippen LogP) is 0.266. The first-order valence-corrected chi connectivity index (χ1v) is 6.15. The molecule has 0 saturated carbocycles. The Morgan fingerprint density at radius 1 is 1.45 bits per heavy atom. The van der Waals surface area contributed by atoms with Gasteiger partial charge in [0.2, 0.25) is 11.8 Å². The molecule has 0 spiro atoms. The van der Waals surface area contributed by atoms with Gasteiger partial charge >= 0.3 is 5.69 Å². The number of nitrogens with one attached hydrogen (secondary N) is 1. The average Bonchev–Trinajstić information content (AvgIpc) is 2.34. The number of methoxy groups -OCH3 is 1. The summed E-state index contributed by atoms with van der Waals surface area (Å²) in [6.45, 7) is 4.16. The molecule has 0 aliphatic carbocycles. The zero-order chi connectivity index (χ0) is 15.1. The van der Waals surface area contributed by atoms with E-state index in [1.807, 2.05) is 11.9 Å². The Hall–Kier alpha value is -2.00. The zero-order valence-corrected chi connectivity index (χ0v) is 11.9. The Labute approximate surface area is 117 Å². The summed E-state index contributed by atoms with van der Waals surface area (Å²) in [7, 11) is 3.58. The van der Waals surface area contributed by atoms with Gasteiger partial charge in [0.05, 0.1) is 11.5 Å². The van der Waals surface area contributed by atoms with Crippen LogP contribution in [-0.2, 0) is 4.74 Å². The summed E-state index contributed by atoms with van der Waals surface area (Å²) in [6, 6.07) is 0. The summed E-state index contributed by atoms with van der Waals surface area (Å²) >= 11 is 0. The average molecular weight is 284 g/mol. The Kier molecular flexibility index (Phi) is 6.07. The maximum Gasteiger partial charge on any atom is 0.332 e. The topological polar surface area (TPSA) is 119 Å². The Morgan fingerprint density at radius 3 is 2.75 bits per heavy atom. The first kappa shape index (κ1) is 16.1.